The molecule has 3 amide bonds. The van der Waals surface area contributed by atoms with Gasteiger partial charge in [0.1, 0.15) is 18.0 Å². The Morgan fingerprint density at radius 2 is 1.68 bits per heavy atom. The zero-order valence-electron chi connectivity index (χ0n) is 36.8. The first-order chi connectivity index (χ1) is 31.6. The number of benzene rings is 2. The second-order valence-corrected chi connectivity index (χ2v) is 17.6. The van der Waals surface area contributed by atoms with Gasteiger partial charge < -0.3 is 44.8 Å². The van der Waals surface area contributed by atoms with E-state index in [1.54, 1.807) is 17.0 Å². The van der Waals surface area contributed by atoms with Crippen LogP contribution in [0.15, 0.2) is 71.0 Å². The van der Waals surface area contributed by atoms with Crippen molar-refractivity contribution in [2.24, 2.45) is 21.6 Å². The van der Waals surface area contributed by atoms with E-state index >= 15 is 0 Å². The summed E-state index contributed by atoms with van der Waals surface area (Å²) in [4.78, 5) is 66.1. The summed E-state index contributed by atoms with van der Waals surface area (Å²) in [5.41, 5.74) is 10.2. The number of aromatic nitrogens is 2. The van der Waals surface area contributed by atoms with Crippen molar-refractivity contribution in [1.82, 2.24) is 30.4 Å². The molecule has 4 heterocycles. The number of nitrogens with two attached hydrogens (primary N) is 1. The molecular weight excluding hydrogens is 858 g/mol. The lowest BCUT2D eigenvalue weighted by molar-refractivity contribution is -0.154. The lowest BCUT2D eigenvalue weighted by atomic mass is 9.82. The molecule has 1 aromatic heterocycles. The fourth-order valence-electron chi connectivity index (χ4n) is 8.74. The van der Waals surface area contributed by atoms with E-state index in [1.807, 2.05) is 12.5 Å². The van der Waals surface area contributed by atoms with Crippen molar-refractivity contribution >= 4 is 46.6 Å². The van der Waals surface area contributed by atoms with Gasteiger partial charge in [0.05, 0.1) is 50.7 Å². The van der Waals surface area contributed by atoms with Gasteiger partial charge in [-0.2, -0.15) is 0 Å². The van der Waals surface area contributed by atoms with Crippen molar-refractivity contribution in [3.05, 3.63) is 78.0 Å². The van der Waals surface area contributed by atoms with Crippen LogP contribution in [-0.4, -0.2) is 126 Å². The number of amidine groups is 1. The molecule has 5 N–H and O–H groups in total. The number of carbonyl (C=O) groups excluding carboxylic acids is 4. The highest BCUT2D eigenvalue weighted by atomic mass is 32.2. The molecule has 1 aliphatic carbocycles. The minimum Gasteiger partial charge on any atom is -0.462 e. The zero-order chi connectivity index (χ0) is 45.5. The molecule has 19 heteroatoms. The third-order valence-corrected chi connectivity index (χ3v) is 13.0. The molecule has 1 fully saturated rings. The number of hydrogen-bond acceptors (Lipinski definition) is 14. The van der Waals surface area contributed by atoms with Crippen LogP contribution in [-0.2, 0) is 44.7 Å². The molecule has 350 valence electrons. The average molecular weight is 918 g/mol. The largest absolute Gasteiger partial charge is 0.462 e. The van der Waals surface area contributed by atoms with Crippen molar-refractivity contribution in [2.45, 2.75) is 102 Å². The van der Waals surface area contributed by atoms with Gasteiger partial charge in [-0.15, -0.1) is 0 Å². The number of carbonyl (C=O) groups is 4. The normalized spacial score (nSPS) is 19.9. The average Bonchev–Trinajstić information content (AvgIpc) is 4.00. The molecule has 3 aromatic rings. The minimum atomic E-state index is -0.889. The third kappa shape index (κ3) is 13.1. The Balaban J connectivity index is 0.739. The van der Waals surface area contributed by atoms with Gasteiger partial charge in [-0.1, -0.05) is 67.4 Å². The van der Waals surface area contributed by atoms with Crippen molar-refractivity contribution in [3.63, 3.8) is 0 Å². The molecule has 2 aromatic carbocycles. The molecule has 4 aliphatic rings. The van der Waals surface area contributed by atoms with E-state index in [9.17, 15) is 23.6 Å². The predicted octanol–water partition coefficient (Wildman–Crippen LogP) is 4.06. The number of halogens is 1. The topological polar surface area (TPSA) is 213 Å². The summed E-state index contributed by atoms with van der Waals surface area (Å²) in [6.45, 7) is 4.27. The van der Waals surface area contributed by atoms with Gasteiger partial charge in [-0.05, 0) is 54.9 Å². The highest BCUT2D eigenvalue weighted by Gasteiger charge is 2.44. The molecule has 5 atom stereocenters. The fourth-order valence-corrected chi connectivity index (χ4v) is 9.82. The van der Waals surface area contributed by atoms with Crippen molar-refractivity contribution < 1.29 is 42.5 Å². The maximum absolute atomic E-state index is 13.6. The molecule has 0 bridgehead atoms. The summed E-state index contributed by atoms with van der Waals surface area (Å²) in [5.74, 6) is -1.26. The van der Waals surface area contributed by atoms with Gasteiger partial charge in [0, 0.05) is 57.4 Å². The standard InChI is InChI=1S/C46H60FN9O8S/c1-30(57)51-36(28-65-46-52-41-42(53-45(48)54-44(41)60)55(46)27-31-14-16-33(47)17-15-31)43(59)50-18-8-20-62-22-24-63-23-21-61-19-7-13-40(58)64-39(32-9-3-2-4-10-32)25-37-34-11-5-6-12-35(34)38-26-49-29-56(37)38/h5-6,11-12,14-17,26,29,32,36-37,39,41-42H,2-4,7-10,13,18-25,27-28H2,1H3,(H,50,59)(H,51,57)(H3,48,53,54,60)/t36-,37?,39?,41?,42?/m0/s1. The van der Waals surface area contributed by atoms with Gasteiger partial charge in [0.15, 0.2) is 23.3 Å². The summed E-state index contributed by atoms with van der Waals surface area (Å²) < 4.78 is 39.1. The van der Waals surface area contributed by atoms with Gasteiger partial charge in [0.2, 0.25) is 11.8 Å². The number of nitrogens with one attached hydrogen (secondary N) is 3. The van der Waals surface area contributed by atoms with E-state index in [2.05, 4.69) is 59.8 Å². The van der Waals surface area contributed by atoms with Crippen LogP contribution in [0.4, 0.5) is 4.39 Å². The van der Waals surface area contributed by atoms with E-state index in [4.69, 9.17) is 24.7 Å². The molecule has 4 unspecified atom stereocenters. The number of guanidine groups is 1. The molecule has 1 saturated carbocycles. The monoisotopic (exact) mass is 917 g/mol. The lowest BCUT2D eigenvalue weighted by Crippen LogP contribution is -2.54. The van der Waals surface area contributed by atoms with Gasteiger partial charge >= 0.3 is 5.97 Å². The van der Waals surface area contributed by atoms with E-state index < -0.39 is 24.2 Å². The number of fused-ring (bicyclic) bond motifs is 4. The quantitative estimate of drug-likeness (QED) is 0.0741. The van der Waals surface area contributed by atoms with Gasteiger partial charge in [0.25, 0.3) is 5.91 Å². The van der Waals surface area contributed by atoms with Crippen LogP contribution in [0.5, 0.6) is 0 Å². The summed E-state index contributed by atoms with van der Waals surface area (Å²) in [7, 11) is 0. The SMILES string of the molecule is CC(=O)N[C@@H](CSC1=NC2C(=O)NC(N)=NC2N1Cc1ccc(F)cc1)C(=O)NCCCOCCOCCOCCCC(=O)OC(CC1c2ccccc2-c2cncn21)C1CCCCC1. The Labute approximate surface area is 382 Å². The number of imidazole rings is 1. The van der Waals surface area contributed by atoms with Crippen LogP contribution in [0.1, 0.15) is 81.9 Å². The minimum absolute atomic E-state index is 0.0296. The first-order valence-electron chi connectivity index (χ1n) is 22.6. The molecule has 17 nitrogen and oxygen atoms in total. The van der Waals surface area contributed by atoms with Crippen molar-refractivity contribution in [3.8, 4) is 11.3 Å². The fraction of sp³-hybridized carbons (Fsp3) is 0.543. The first kappa shape index (κ1) is 47.6. The number of aliphatic imine (C=N–C) groups is 2. The number of nitrogens with zero attached hydrogens (tertiary/aromatic N) is 5. The molecule has 0 radical (unpaired) electrons. The Hall–Kier alpha value is -5.37. The molecule has 0 saturated heterocycles. The summed E-state index contributed by atoms with van der Waals surface area (Å²) in [6, 6.07) is 12.8. The van der Waals surface area contributed by atoms with E-state index in [0.29, 0.717) is 76.5 Å². The second-order valence-electron chi connectivity index (χ2n) is 16.6. The highest BCUT2D eigenvalue weighted by molar-refractivity contribution is 8.13. The summed E-state index contributed by atoms with van der Waals surface area (Å²) in [6.07, 6.45) is 10.8. The Morgan fingerprint density at radius 3 is 2.43 bits per heavy atom. The van der Waals surface area contributed by atoms with Crippen LogP contribution in [0, 0.1) is 11.7 Å². The number of hydrogen-bond donors (Lipinski definition) is 4. The third-order valence-electron chi connectivity index (χ3n) is 11.9. The zero-order valence-corrected chi connectivity index (χ0v) is 37.6. The van der Waals surface area contributed by atoms with Crippen molar-refractivity contribution in [1.29, 1.82) is 0 Å². The van der Waals surface area contributed by atoms with Crippen LogP contribution < -0.4 is 21.7 Å². The van der Waals surface area contributed by atoms with Crippen molar-refractivity contribution in [2.75, 3.05) is 51.9 Å². The summed E-state index contributed by atoms with van der Waals surface area (Å²) in [5, 5.41) is 8.48. The Bertz CT molecular complexity index is 2150. The predicted molar refractivity (Wildman–Crippen MR) is 243 cm³/mol. The van der Waals surface area contributed by atoms with Gasteiger partial charge in [-0.3, -0.25) is 24.5 Å². The van der Waals surface area contributed by atoms with Crippen LogP contribution in [0.3, 0.4) is 0 Å². The van der Waals surface area contributed by atoms with Crippen LogP contribution >= 0.6 is 11.8 Å². The summed E-state index contributed by atoms with van der Waals surface area (Å²) >= 11 is 1.20. The lowest BCUT2D eigenvalue weighted by Gasteiger charge is -2.32. The molecular formula is C46H60FN9O8S. The number of ether oxygens (including phenoxy) is 4. The van der Waals surface area contributed by atoms with Crippen LogP contribution in [0.2, 0.25) is 0 Å². The number of esters is 1. The maximum atomic E-state index is 13.6. The number of thioether (sulfide) groups is 1. The Kier molecular flexibility index (Phi) is 17.4. The van der Waals surface area contributed by atoms with E-state index in [0.717, 1.165) is 30.5 Å². The molecule has 3 aliphatic heterocycles. The molecule has 65 heavy (non-hydrogen) atoms. The molecule has 7 rings (SSSR count). The molecule has 0 spiro atoms. The maximum Gasteiger partial charge on any atom is 0.306 e. The first-order valence-corrected chi connectivity index (χ1v) is 23.6. The van der Waals surface area contributed by atoms with E-state index in [1.165, 1.54) is 61.2 Å². The highest BCUT2D eigenvalue weighted by Crippen LogP contribution is 2.43. The smallest absolute Gasteiger partial charge is 0.306 e. The van der Waals surface area contributed by atoms with E-state index in [-0.39, 0.29) is 54.0 Å². The Morgan fingerprint density at radius 1 is 0.954 bits per heavy atom. The second kappa shape index (κ2) is 23.7. The van der Waals surface area contributed by atoms with Gasteiger partial charge in [-0.25, -0.2) is 19.4 Å². The number of amides is 3. The van der Waals surface area contributed by atoms with Crippen LogP contribution in [0.25, 0.3) is 11.3 Å². The number of rotatable bonds is 24.